The molecule has 1 aromatic heterocycles. The van der Waals surface area contributed by atoms with E-state index in [1.165, 1.54) is 11.8 Å². The number of hydrogen-bond donors (Lipinski definition) is 2. The summed E-state index contributed by atoms with van der Waals surface area (Å²) in [6.45, 7) is 8.40. The Kier molecular flexibility index (Phi) is 5.50. The zero-order chi connectivity index (χ0) is 23.1. The Morgan fingerprint density at radius 3 is 2.45 bits per heavy atom. The molecule has 0 bridgehead atoms. The number of benzene rings is 2. The van der Waals surface area contributed by atoms with E-state index in [1.807, 2.05) is 12.1 Å². The number of pyridine rings is 1. The molecule has 1 fully saturated rings. The van der Waals surface area contributed by atoms with E-state index in [4.69, 9.17) is 5.73 Å². The van der Waals surface area contributed by atoms with Crippen LogP contribution in [0.1, 0.15) is 11.1 Å². The Labute approximate surface area is 192 Å². The molecule has 3 aromatic rings. The number of hydrogen-bond acceptors (Lipinski definition) is 5. The summed E-state index contributed by atoms with van der Waals surface area (Å²) < 4.78 is 30.4. The maximum Gasteiger partial charge on any atom is 0.135 e. The van der Waals surface area contributed by atoms with Gasteiger partial charge in [-0.15, -0.1) is 0 Å². The maximum atomic E-state index is 15.5. The van der Waals surface area contributed by atoms with E-state index in [9.17, 15) is 4.39 Å². The monoisotopic (exact) mass is 447 g/mol. The van der Waals surface area contributed by atoms with Crippen LogP contribution < -0.4 is 16.0 Å². The number of piperazine rings is 1. The van der Waals surface area contributed by atoms with Crippen LogP contribution in [-0.4, -0.2) is 49.7 Å². The summed E-state index contributed by atoms with van der Waals surface area (Å²) in [4.78, 5) is 8.98. The average molecular weight is 448 g/mol. The van der Waals surface area contributed by atoms with Crippen molar-refractivity contribution in [3.05, 3.63) is 71.9 Å². The predicted octanol–water partition coefficient (Wildman–Crippen LogP) is 4.14. The third-order valence-corrected chi connectivity index (χ3v) is 6.61. The highest BCUT2D eigenvalue weighted by atomic mass is 19.1. The Hall–Kier alpha value is -3.45. The van der Waals surface area contributed by atoms with E-state index in [2.05, 4.69) is 45.9 Å². The molecule has 33 heavy (non-hydrogen) atoms. The fourth-order valence-corrected chi connectivity index (χ4v) is 4.64. The normalized spacial score (nSPS) is 16.5. The molecule has 0 unspecified atom stereocenters. The van der Waals surface area contributed by atoms with Gasteiger partial charge in [-0.25, -0.2) is 13.8 Å². The molecule has 2 aliphatic heterocycles. The highest BCUT2D eigenvalue weighted by Crippen LogP contribution is 2.37. The van der Waals surface area contributed by atoms with Gasteiger partial charge < -0.3 is 20.9 Å². The second-order valence-electron chi connectivity index (χ2n) is 8.72. The van der Waals surface area contributed by atoms with Crippen LogP contribution in [0, 0.1) is 11.6 Å². The van der Waals surface area contributed by atoms with E-state index in [0.717, 1.165) is 37.3 Å². The molecule has 0 amide bonds. The van der Waals surface area contributed by atoms with Gasteiger partial charge in [-0.05, 0) is 43.3 Å². The first kappa shape index (κ1) is 21.4. The molecule has 0 spiro atoms. The number of rotatable bonds is 3. The molecular weight excluding hydrogens is 420 g/mol. The molecule has 7 heteroatoms. The summed E-state index contributed by atoms with van der Waals surface area (Å²) >= 11 is 0. The van der Waals surface area contributed by atoms with Gasteiger partial charge in [-0.1, -0.05) is 18.7 Å². The zero-order valence-corrected chi connectivity index (χ0v) is 18.7. The van der Waals surface area contributed by atoms with Crippen molar-refractivity contribution >= 4 is 17.2 Å². The van der Waals surface area contributed by atoms with Crippen LogP contribution in [0.2, 0.25) is 0 Å². The molecule has 3 heterocycles. The van der Waals surface area contributed by atoms with Gasteiger partial charge in [0.2, 0.25) is 0 Å². The van der Waals surface area contributed by atoms with Gasteiger partial charge in [0.15, 0.2) is 0 Å². The molecule has 0 saturated carbocycles. The zero-order valence-electron chi connectivity index (χ0n) is 18.7. The minimum Gasteiger partial charge on any atom is -0.385 e. The van der Waals surface area contributed by atoms with Crippen molar-refractivity contribution in [1.29, 1.82) is 0 Å². The number of anilines is 2. The van der Waals surface area contributed by atoms with Gasteiger partial charge >= 0.3 is 0 Å². The number of fused-ring (bicyclic) bond motifs is 1. The molecule has 170 valence electrons. The van der Waals surface area contributed by atoms with E-state index in [1.54, 1.807) is 12.3 Å². The standard InChI is InChI=1S/C26H27F2N5/c1-16-24-20(7-8-30-16)25(28)21(14-23(24)27)22-13-18(15-31-26(22)29)17-3-5-19(6-4-17)33-11-9-32(2)10-12-33/h3-6,13-15,30H,1,7-12H2,2H3,(H2,29,31). The number of likely N-dealkylation sites (N-methyl/N-ethyl adjacent to an activating group) is 1. The summed E-state index contributed by atoms with van der Waals surface area (Å²) in [6, 6.07) is 11.2. The van der Waals surface area contributed by atoms with E-state index in [0.29, 0.717) is 29.8 Å². The Bertz CT molecular complexity index is 1210. The van der Waals surface area contributed by atoms with Crippen molar-refractivity contribution in [1.82, 2.24) is 15.2 Å². The van der Waals surface area contributed by atoms with Crippen LogP contribution in [-0.2, 0) is 6.42 Å². The van der Waals surface area contributed by atoms with Crippen LogP contribution >= 0.6 is 0 Å². The maximum absolute atomic E-state index is 15.5. The Morgan fingerprint density at radius 1 is 1.00 bits per heavy atom. The number of aromatic nitrogens is 1. The van der Waals surface area contributed by atoms with E-state index < -0.39 is 11.6 Å². The SMILES string of the molecule is C=C1NCCc2c(F)c(-c3cc(-c4ccc(N5CCN(C)CC5)cc4)cnc3N)cc(F)c21. The molecule has 5 rings (SSSR count). The lowest BCUT2D eigenvalue weighted by molar-refractivity contribution is 0.313. The summed E-state index contributed by atoms with van der Waals surface area (Å²) in [7, 11) is 2.14. The largest absolute Gasteiger partial charge is 0.385 e. The molecule has 0 aliphatic carbocycles. The molecule has 1 saturated heterocycles. The van der Waals surface area contributed by atoms with Crippen molar-refractivity contribution < 1.29 is 8.78 Å². The lowest BCUT2D eigenvalue weighted by Gasteiger charge is -2.34. The van der Waals surface area contributed by atoms with Crippen molar-refractivity contribution in [2.24, 2.45) is 0 Å². The van der Waals surface area contributed by atoms with Gasteiger partial charge in [0.05, 0.1) is 0 Å². The van der Waals surface area contributed by atoms with Crippen LogP contribution in [0.15, 0.2) is 49.2 Å². The first-order valence-corrected chi connectivity index (χ1v) is 11.2. The minimum absolute atomic E-state index is 0.127. The van der Waals surface area contributed by atoms with Crippen molar-refractivity contribution in [3.63, 3.8) is 0 Å². The highest BCUT2D eigenvalue weighted by Gasteiger charge is 2.25. The third-order valence-electron chi connectivity index (χ3n) is 6.61. The fraction of sp³-hybridized carbons (Fsp3) is 0.269. The Balaban J connectivity index is 1.50. The number of halogens is 2. The number of nitrogens with zero attached hydrogens (tertiary/aromatic N) is 3. The first-order chi connectivity index (χ1) is 15.9. The van der Waals surface area contributed by atoms with E-state index >= 15 is 4.39 Å². The first-order valence-electron chi connectivity index (χ1n) is 11.2. The molecule has 2 aromatic carbocycles. The van der Waals surface area contributed by atoms with Crippen LogP contribution in [0.3, 0.4) is 0 Å². The fourth-order valence-electron chi connectivity index (χ4n) is 4.64. The summed E-state index contributed by atoms with van der Waals surface area (Å²) in [5, 5.41) is 2.99. The van der Waals surface area contributed by atoms with Gasteiger partial charge in [0.1, 0.15) is 17.5 Å². The molecule has 3 N–H and O–H groups in total. The summed E-state index contributed by atoms with van der Waals surface area (Å²) in [5.41, 5.74) is 10.5. The quantitative estimate of drug-likeness (QED) is 0.632. The van der Waals surface area contributed by atoms with Crippen LogP contribution in [0.25, 0.3) is 28.0 Å². The van der Waals surface area contributed by atoms with Gasteiger partial charge in [-0.2, -0.15) is 0 Å². The molecular formula is C26H27F2N5. The average Bonchev–Trinajstić information content (AvgIpc) is 2.82. The second kappa shape index (κ2) is 8.48. The number of nitrogens with two attached hydrogens (primary N) is 1. The van der Waals surface area contributed by atoms with Crippen molar-refractivity contribution in [2.45, 2.75) is 6.42 Å². The predicted molar refractivity (Wildman–Crippen MR) is 130 cm³/mol. The van der Waals surface area contributed by atoms with E-state index in [-0.39, 0.29) is 16.9 Å². The van der Waals surface area contributed by atoms with Gasteiger partial charge in [0.25, 0.3) is 0 Å². The lowest BCUT2D eigenvalue weighted by atomic mass is 9.91. The van der Waals surface area contributed by atoms with Gasteiger partial charge in [0, 0.05) is 78.1 Å². The van der Waals surface area contributed by atoms with Crippen LogP contribution in [0.5, 0.6) is 0 Å². The highest BCUT2D eigenvalue weighted by molar-refractivity contribution is 5.82. The number of nitrogens with one attached hydrogen (secondary N) is 1. The summed E-state index contributed by atoms with van der Waals surface area (Å²) in [5.74, 6) is -0.816. The molecule has 0 radical (unpaired) electrons. The number of nitrogen functional groups attached to an aromatic ring is 1. The van der Waals surface area contributed by atoms with Crippen molar-refractivity contribution in [2.75, 3.05) is 50.4 Å². The topological polar surface area (TPSA) is 57.4 Å². The van der Waals surface area contributed by atoms with Crippen molar-refractivity contribution in [3.8, 4) is 22.3 Å². The molecule has 5 nitrogen and oxygen atoms in total. The second-order valence-corrected chi connectivity index (χ2v) is 8.72. The third kappa shape index (κ3) is 3.93. The Morgan fingerprint density at radius 2 is 1.73 bits per heavy atom. The van der Waals surface area contributed by atoms with Gasteiger partial charge in [-0.3, -0.25) is 0 Å². The lowest BCUT2D eigenvalue weighted by Crippen LogP contribution is -2.44. The summed E-state index contributed by atoms with van der Waals surface area (Å²) in [6.07, 6.45) is 2.05. The van der Waals surface area contributed by atoms with Crippen LogP contribution in [0.4, 0.5) is 20.3 Å². The minimum atomic E-state index is -0.514. The smallest absolute Gasteiger partial charge is 0.135 e. The molecule has 0 atom stereocenters. The molecule has 2 aliphatic rings.